The van der Waals surface area contributed by atoms with Crippen LogP contribution in [0.1, 0.15) is 10.4 Å². The lowest BCUT2D eigenvalue weighted by atomic mass is 10.2. The lowest BCUT2D eigenvalue weighted by Gasteiger charge is -2.11. The van der Waals surface area contributed by atoms with Crippen molar-refractivity contribution in [2.24, 2.45) is 0 Å². The minimum absolute atomic E-state index is 0.126. The molecule has 0 aliphatic carbocycles. The number of carbonyl (C=O) groups excluding carboxylic acids is 1. The van der Waals surface area contributed by atoms with Crippen molar-refractivity contribution in [2.45, 2.75) is 4.90 Å². The van der Waals surface area contributed by atoms with Gasteiger partial charge in [-0.05, 0) is 66.7 Å². The summed E-state index contributed by atoms with van der Waals surface area (Å²) in [4.78, 5) is 12.8. The first-order valence-corrected chi connectivity index (χ1v) is 11.5. The largest absolute Gasteiger partial charge is 0.322 e. The van der Waals surface area contributed by atoms with E-state index in [0.717, 1.165) is 10.2 Å². The number of sulfonamides is 1. The molecule has 1 amide bonds. The quantitative estimate of drug-likeness (QED) is 0.404. The summed E-state index contributed by atoms with van der Waals surface area (Å²) in [6.45, 7) is 0. The van der Waals surface area contributed by atoms with Crippen LogP contribution in [0.15, 0.2) is 101 Å². The Morgan fingerprint density at radius 3 is 2.39 bits per heavy atom. The van der Waals surface area contributed by atoms with Crippen molar-refractivity contribution in [2.75, 3.05) is 10.0 Å². The fourth-order valence-electron chi connectivity index (χ4n) is 2.90. The predicted molar refractivity (Wildman–Crippen MR) is 123 cm³/mol. The molecule has 31 heavy (non-hydrogen) atoms. The SMILES string of the molecule is O=C(Nc1cccc(-n2cccn2)c1)c1cccc(NS(=O)(=O)c2ccc(Br)cc2)c1. The lowest BCUT2D eigenvalue weighted by molar-refractivity contribution is 0.102. The number of hydrogen-bond acceptors (Lipinski definition) is 4. The summed E-state index contributed by atoms with van der Waals surface area (Å²) >= 11 is 3.28. The number of halogens is 1. The highest BCUT2D eigenvalue weighted by Crippen LogP contribution is 2.20. The summed E-state index contributed by atoms with van der Waals surface area (Å²) < 4.78 is 30.2. The molecule has 9 heteroatoms. The third kappa shape index (κ3) is 5.01. The molecule has 0 atom stereocenters. The van der Waals surface area contributed by atoms with Crippen LogP contribution in [0.25, 0.3) is 5.69 Å². The van der Waals surface area contributed by atoms with Crippen molar-refractivity contribution >= 4 is 43.2 Å². The first kappa shape index (κ1) is 20.8. The second kappa shape index (κ2) is 8.75. The highest BCUT2D eigenvalue weighted by Gasteiger charge is 2.15. The molecule has 1 heterocycles. The van der Waals surface area contributed by atoms with Crippen molar-refractivity contribution in [3.63, 3.8) is 0 Å². The highest BCUT2D eigenvalue weighted by molar-refractivity contribution is 9.10. The minimum atomic E-state index is -3.77. The maximum Gasteiger partial charge on any atom is 0.261 e. The molecule has 1 aromatic heterocycles. The predicted octanol–water partition coefficient (Wildman–Crippen LogP) is 4.69. The molecule has 3 aromatic carbocycles. The zero-order valence-corrected chi connectivity index (χ0v) is 18.5. The Hall–Kier alpha value is -3.43. The Morgan fingerprint density at radius 2 is 1.65 bits per heavy atom. The smallest absolute Gasteiger partial charge is 0.261 e. The summed E-state index contributed by atoms with van der Waals surface area (Å²) in [6, 6.07) is 21.7. The number of anilines is 2. The number of aromatic nitrogens is 2. The van der Waals surface area contributed by atoms with E-state index in [0.29, 0.717) is 16.9 Å². The molecule has 0 unspecified atom stereocenters. The Labute approximate surface area is 187 Å². The molecule has 0 spiro atoms. The molecule has 0 fully saturated rings. The van der Waals surface area contributed by atoms with Gasteiger partial charge in [0.25, 0.3) is 15.9 Å². The first-order valence-electron chi connectivity index (χ1n) is 9.21. The van der Waals surface area contributed by atoms with E-state index in [1.165, 1.54) is 18.2 Å². The van der Waals surface area contributed by atoms with Crippen LogP contribution in [0, 0.1) is 0 Å². The van der Waals surface area contributed by atoms with Crippen molar-refractivity contribution in [3.05, 3.63) is 101 Å². The number of amides is 1. The summed E-state index contributed by atoms with van der Waals surface area (Å²) in [6.07, 6.45) is 3.48. The van der Waals surface area contributed by atoms with Crippen LogP contribution in [0.3, 0.4) is 0 Å². The molecule has 0 bridgehead atoms. The molecule has 2 N–H and O–H groups in total. The van der Waals surface area contributed by atoms with Gasteiger partial charge in [0.1, 0.15) is 0 Å². The van der Waals surface area contributed by atoms with E-state index in [1.807, 2.05) is 24.4 Å². The fourth-order valence-corrected chi connectivity index (χ4v) is 4.22. The number of benzene rings is 3. The topological polar surface area (TPSA) is 93.1 Å². The van der Waals surface area contributed by atoms with Crippen LogP contribution in [0.2, 0.25) is 0 Å². The van der Waals surface area contributed by atoms with E-state index in [4.69, 9.17) is 0 Å². The molecular formula is C22H17BrN4O3S. The van der Waals surface area contributed by atoms with Gasteiger partial charge in [0, 0.05) is 33.8 Å². The van der Waals surface area contributed by atoms with Crippen LogP contribution in [-0.2, 0) is 10.0 Å². The van der Waals surface area contributed by atoms with Crippen LogP contribution < -0.4 is 10.0 Å². The number of nitrogens with one attached hydrogen (secondary N) is 2. The molecule has 4 aromatic rings. The molecular weight excluding hydrogens is 480 g/mol. The molecule has 7 nitrogen and oxygen atoms in total. The van der Waals surface area contributed by atoms with Gasteiger partial charge in [-0.15, -0.1) is 0 Å². The van der Waals surface area contributed by atoms with Crippen LogP contribution in [0.4, 0.5) is 11.4 Å². The number of carbonyl (C=O) groups is 1. The van der Waals surface area contributed by atoms with Gasteiger partial charge in [-0.1, -0.05) is 28.1 Å². The molecule has 0 radical (unpaired) electrons. The summed E-state index contributed by atoms with van der Waals surface area (Å²) in [5, 5.41) is 7.00. The zero-order valence-electron chi connectivity index (χ0n) is 16.1. The minimum Gasteiger partial charge on any atom is -0.322 e. The monoisotopic (exact) mass is 496 g/mol. The van der Waals surface area contributed by atoms with Gasteiger partial charge in [-0.2, -0.15) is 5.10 Å². The Kier molecular flexibility index (Phi) is 5.88. The summed E-state index contributed by atoms with van der Waals surface area (Å²) in [7, 11) is -3.77. The molecule has 0 aliphatic heterocycles. The van der Waals surface area contributed by atoms with Crippen LogP contribution in [0.5, 0.6) is 0 Å². The second-order valence-corrected chi connectivity index (χ2v) is 9.19. The van der Waals surface area contributed by atoms with Gasteiger partial charge in [0.15, 0.2) is 0 Å². The third-order valence-electron chi connectivity index (χ3n) is 4.37. The van der Waals surface area contributed by atoms with Gasteiger partial charge >= 0.3 is 0 Å². The Bertz CT molecular complexity index is 1320. The van der Waals surface area contributed by atoms with Crippen LogP contribution >= 0.6 is 15.9 Å². The third-order valence-corrected chi connectivity index (χ3v) is 6.30. The van der Waals surface area contributed by atoms with E-state index in [2.05, 4.69) is 31.1 Å². The number of rotatable bonds is 6. The van der Waals surface area contributed by atoms with Crippen molar-refractivity contribution in [1.82, 2.24) is 9.78 Å². The average Bonchev–Trinajstić information content (AvgIpc) is 3.29. The molecule has 0 saturated carbocycles. The number of hydrogen-bond donors (Lipinski definition) is 2. The Balaban J connectivity index is 1.51. The summed E-state index contributed by atoms with van der Waals surface area (Å²) in [5.74, 6) is -0.359. The highest BCUT2D eigenvalue weighted by atomic mass is 79.9. The zero-order chi connectivity index (χ0) is 21.8. The van der Waals surface area contributed by atoms with E-state index in [1.54, 1.807) is 53.3 Å². The number of nitrogens with zero attached hydrogens (tertiary/aromatic N) is 2. The van der Waals surface area contributed by atoms with Gasteiger partial charge in [-0.3, -0.25) is 9.52 Å². The van der Waals surface area contributed by atoms with Crippen LogP contribution in [-0.4, -0.2) is 24.1 Å². The van der Waals surface area contributed by atoms with Gasteiger partial charge in [0.2, 0.25) is 0 Å². The van der Waals surface area contributed by atoms with E-state index < -0.39 is 10.0 Å². The maximum absolute atomic E-state index is 12.7. The molecule has 0 aliphatic rings. The second-order valence-electron chi connectivity index (χ2n) is 6.60. The first-order chi connectivity index (χ1) is 14.9. The summed E-state index contributed by atoms with van der Waals surface area (Å²) in [5.41, 5.74) is 2.01. The Morgan fingerprint density at radius 1 is 0.903 bits per heavy atom. The fraction of sp³-hybridized carbons (Fsp3) is 0. The van der Waals surface area contributed by atoms with E-state index in [9.17, 15) is 13.2 Å². The van der Waals surface area contributed by atoms with E-state index in [-0.39, 0.29) is 10.8 Å². The normalized spacial score (nSPS) is 11.1. The maximum atomic E-state index is 12.7. The molecule has 4 rings (SSSR count). The van der Waals surface area contributed by atoms with Crippen molar-refractivity contribution in [3.8, 4) is 5.69 Å². The van der Waals surface area contributed by atoms with Crippen molar-refractivity contribution < 1.29 is 13.2 Å². The molecule has 0 saturated heterocycles. The van der Waals surface area contributed by atoms with Crippen molar-refractivity contribution in [1.29, 1.82) is 0 Å². The van der Waals surface area contributed by atoms with E-state index >= 15 is 0 Å². The standard InChI is InChI=1S/C22H17BrN4O3S/c23-17-8-10-21(11-9-17)31(29,30)26-19-6-1-4-16(14-19)22(28)25-18-5-2-7-20(15-18)27-13-3-12-24-27/h1-15,26H,(H,25,28). The van der Waals surface area contributed by atoms with Gasteiger partial charge < -0.3 is 5.32 Å². The molecule has 156 valence electrons. The lowest BCUT2D eigenvalue weighted by Crippen LogP contribution is -2.15. The average molecular weight is 497 g/mol. The van der Waals surface area contributed by atoms with Gasteiger partial charge in [-0.25, -0.2) is 13.1 Å². The van der Waals surface area contributed by atoms with Gasteiger partial charge in [0.05, 0.1) is 10.6 Å².